The molecule has 1 amide bonds. The van der Waals surface area contributed by atoms with E-state index in [1.54, 1.807) is 22.8 Å². The molecule has 10 nitrogen and oxygen atoms in total. The van der Waals surface area contributed by atoms with E-state index in [2.05, 4.69) is 29.4 Å². The SMILES string of the molecule is COc1ccc(C(C)C)cc1-c1cc(-c2nnnn2C2CCN(C(=O)OC(C)(C)C)CC2)c(O)cc1O. The quantitative estimate of drug-likeness (QED) is 0.486. The highest BCUT2D eigenvalue weighted by Gasteiger charge is 2.30. The highest BCUT2D eigenvalue weighted by molar-refractivity contribution is 5.82. The third-order valence-corrected chi connectivity index (χ3v) is 6.49. The molecule has 0 unspecified atom stereocenters. The maximum Gasteiger partial charge on any atom is 0.410 e. The molecule has 0 bridgehead atoms. The van der Waals surface area contributed by atoms with E-state index >= 15 is 0 Å². The molecule has 1 aromatic heterocycles. The summed E-state index contributed by atoms with van der Waals surface area (Å²) in [6.07, 6.45) is 0.932. The average molecular weight is 510 g/mol. The van der Waals surface area contributed by atoms with Crippen LogP contribution in [0.3, 0.4) is 0 Å². The van der Waals surface area contributed by atoms with Gasteiger partial charge in [0, 0.05) is 30.3 Å². The van der Waals surface area contributed by atoms with Crippen LogP contribution in [0.25, 0.3) is 22.5 Å². The van der Waals surface area contributed by atoms with E-state index in [0.29, 0.717) is 54.2 Å². The lowest BCUT2D eigenvalue weighted by Gasteiger charge is -2.33. The van der Waals surface area contributed by atoms with Gasteiger partial charge in [-0.3, -0.25) is 0 Å². The predicted octanol–water partition coefficient (Wildman–Crippen LogP) is 5.12. The van der Waals surface area contributed by atoms with E-state index in [-0.39, 0.29) is 29.6 Å². The molecule has 3 aromatic rings. The van der Waals surface area contributed by atoms with Crippen molar-refractivity contribution in [3.63, 3.8) is 0 Å². The minimum atomic E-state index is -0.553. The summed E-state index contributed by atoms with van der Waals surface area (Å²) >= 11 is 0. The highest BCUT2D eigenvalue weighted by Crippen LogP contribution is 2.43. The van der Waals surface area contributed by atoms with Crippen LogP contribution < -0.4 is 4.74 Å². The number of carbonyl (C=O) groups is 1. The van der Waals surface area contributed by atoms with Gasteiger partial charge in [-0.15, -0.1) is 5.10 Å². The number of nitrogens with zero attached hydrogens (tertiary/aromatic N) is 5. The van der Waals surface area contributed by atoms with E-state index in [1.165, 1.54) is 6.07 Å². The molecule has 0 radical (unpaired) electrons. The molecule has 10 heteroatoms. The molecule has 4 rings (SSSR count). The zero-order valence-electron chi connectivity index (χ0n) is 22.2. The number of amides is 1. The molecule has 2 aromatic carbocycles. The molecule has 1 fully saturated rings. The number of likely N-dealkylation sites (tertiary alicyclic amines) is 1. The molecule has 1 aliphatic heterocycles. The van der Waals surface area contributed by atoms with E-state index in [1.807, 2.05) is 39.0 Å². The Labute approximate surface area is 216 Å². The fraction of sp³-hybridized carbons (Fsp3) is 0.481. The number of rotatable bonds is 5. The van der Waals surface area contributed by atoms with Crippen molar-refractivity contribution in [1.29, 1.82) is 0 Å². The molecule has 37 heavy (non-hydrogen) atoms. The molecule has 198 valence electrons. The van der Waals surface area contributed by atoms with Crippen molar-refractivity contribution in [2.45, 2.75) is 65.0 Å². The summed E-state index contributed by atoms with van der Waals surface area (Å²) in [4.78, 5) is 14.1. The molecule has 1 saturated heterocycles. The average Bonchev–Trinajstić information content (AvgIpc) is 3.32. The number of aromatic hydroxyl groups is 2. The molecule has 0 saturated carbocycles. The van der Waals surface area contributed by atoms with Crippen LogP contribution in [0.15, 0.2) is 30.3 Å². The maximum atomic E-state index is 12.5. The number of aromatic nitrogens is 4. The zero-order chi connectivity index (χ0) is 26.9. The molecule has 2 heterocycles. The van der Waals surface area contributed by atoms with Crippen LogP contribution in [-0.4, -0.2) is 67.2 Å². The molecule has 2 N–H and O–H groups in total. The van der Waals surface area contributed by atoms with Crippen LogP contribution in [0.2, 0.25) is 0 Å². The molecule has 0 atom stereocenters. The van der Waals surface area contributed by atoms with E-state index in [0.717, 1.165) is 5.56 Å². The van der Waals surface area contributed by atoms with E-state index in [4.69, 9.17) is 9.47 Å². The normalized spacial score (nSPS) is 14.7. The van der Waals surface area contributed by atoms with Crippen LogP contribution in [0.5, 0.6) is 17.2 Å². The second kappa shape index (κ2) is 10.3. The van der Waals surface area contributed by atoms with Crippen LogP contribution in [0, 0.1) is 0 Å². The first-order valence-corrected chi connectivity index (χ1v) is 12.5. The number of ether oxygens (including phenoxy) is 2. The van der Waals surface area contributed by atoms with Gasteiger partial charge in [-0.1, -0.05) is 19.9 Å². The number of methoxy groups -OCH3 is 1. The Bertz CT molecular complexity index is 1270. The fourth-order valence-corrected chi connectivity index (χ4v) is 4.50. The van der Waals surface area contributed by atoms with Gasteiger partial charge in [-0.05, 0) is 73.7 Å². The number of hydrogen-bond acceptors (Lipinski definition) is 8. The lowest BCUT2D eigenvalue weighted by molar-refractivity contribution is 0.0185. The minimum absolute atomic E-state index is 0.0702. The number of phenols is 2. The smallest absolute Gasteiger partial charge is 0.410 e. The summed E-state index contributed by atoms with van der Waals surface area (Å²) in [5, 5.41) is 33.8. The summed E-state index contributed by atoms with van der Waals surface area (Å²) in [6, 6.07) is 8.77. The van der Waals surface area contributed by atoms with Crippen molar-refractivity contribution in [2.24, 2.45) is 0 Å². The molecular formula is C27H35N5O5. The highest BCUT2D eigenvalue weighted by atomic mass is 16.6. The first-order valence-electron chi connectivity index (χ1n) is 12.5. The second-order valence-electron chi connectivity index (χ2n) is 10.6. The van der Waals surface area contributed by atoms with Gasteiger partial charge >= 0.3 is 6.09 Å². The predicted molar refractivity (Wildman–Crippen MR) is 139 cm³/mol. The van der Waals surface area contributed by atoms with Crippen LogP contribution in [0.4, 0.5) is 4.79 Å². The first kappa shape index (κ1) is 26.2. The van der Waals surface area contributed by atoms with Gasteiger partial charge in [0.15, 0.2) is 5.82 Å². The monoisotopic (exact) mass is 509 g/mol. The van der Waals surface area contributed by atoms with Crippen LogP contribution >= 0.6 is 0 Å². The Kier molecular flexibility index (Phi) is 7.29. The number of carbonyl (C=O) groups excluding carboxylic acids is 1. The van der Waals surface area contributed by atoms with Crippen molar-refractivity contribution in [3.8, 4) is 39.8 Å². The Morgan fingerprint density at radius 3 is 2.32 bits per heavy atom. The van der Waals surface area contributed by atoms with Crippen molar-refractivity contribution in [2.75, 3.05) is 20.2 Å². The van der Waals surface area contributed by atoms with E-state index < -0.39 is 5.60 Å². The lowest BCUT2D eigenvalue weighted by atomic mass is 9.94. The summed E-state index contributed by atoms with van der Waals surface area (Å²) in [7, 11) is 1.58. The molecular weight excluding hydrogens is 474 g/mol. The van der Waals surface area contributed by atoms with Gasteiger partial charge in [-0.2, -0.15) is 0 Å². The number of benzene rings is 2. The van der Waals surface area contributed by atoms with Gasteiger partial charge in [0.05, 0.1) is 18.7 Å². The fourth-order valence-electron chi connectivity index (χ4n) is 4.50. The molecule has 0 spiro atoms. The van der Waals surface area contributed by atoms with Crippen molar-refractivity contribution < 1.29 is 24.5 Å². The number of piperidine rings is 1. The Balaban J connectivity index is 1.65. The third-order valence-electron chi connectivity index (χ3n) is 6.49. The molecule has 1 aliphatic rings. The Hall–Kier alpha value is -3.82. The summed E-state index contributed by atoms with van der Waals surface area (Å²) in [5.41, 5.74) is 2.14. The lowest BCUT2D eigenvalue weighted by Crippen LogP contribution is -2.42. The van der Waals surface area contributed by atoms with Crippen molar-refractivity contribution in [1.82, 2.24) is 25.1 Å². The van der Waals surface area contributed by atoms with Gasteiger partial charge in [0.2, 0.25) is 0 Å². The van der Waals surface area contributed by atoms with Crippen LogP contribution in [0.1, 0.15) is 65.0 Å². The largest absolute Gasteiger partial charge is 0.507 e. The summed E-state index contributed by atoms with van der Waals surface area (Å²) in [6.45, 7) is 10.7. The number of phenolic OH excluding ortho intramolecular Hbond substituents is 2. The standard InChI is InChI=1S/C27H35N5O5/c1-16(2)17-7-8-24(36-6)20(13-17)19-14-21(23(34)15-22(19)33)25-28-29-30-32(25)18-9-11-31(12-10-18)26(35)37-27(3,4)5/h7-8,13-16,18,33-34H,9-12H2,1-6H3. The van der Waals surface area contributed by atoms with Gasteiger partial charge < -0.3 is 24.6 Å². The molecule has 0 aliphatic carbocycles. The summed E-state index contributed by atoms with van der Waals surface area (Å²) in [5.74, 6) is 1.05. The van der Waals surface area contributed by atoms with Gasteiger partial charge in [0.1, 0.15) is 22.8 Å². The third kappa shape index (κ3) is 5.63. The van der Waals surface area contributed by atoms with Crippen molar-refractivity contribution in [3.05, 3.63) is 35.9 Å². The first-order chi connectivity index (χ1) is 17.5. The topological polar surface area (TPSA) is 123 Å². The van der Waals surface area contributed by atoms with Crippen LogP contribution in [-0.2, 0) is 4.74 Å². The van der Waals surface area contributed by atoms with Gasteiger partial charge in [0.25, 0.3) is 0 Å². The minimum Gasteiger partial charge on any atom is -0.507 e. The summed E-state index contributed by atoms with van der Waals surface area (Å²) < 4.78 is 12.7. The maximum absolute atomic E-state index is 12.5. The zero-order valence-corrected chi connectivity index (χ0v) is 22.2. The van der Waals surface area contributed by atoms with E-state index in [9.17, 15) is 15.0 Å². The Morgan fingerprint density at radius 2 is 1.70 bits per heavy atom. The van der Waals surface area contributed by atoms with Crippen molar-refractivity contribution >= 4 is 6.09 Å². The number of hydrogen-bond donors (Lipinski definition) is 2. The number of tetrazole rings is 1. The second-order valence-corrected chi connectivity index (χ2v) is 10.6. The van der Waals surface area contributed by atoms with Gasteiger partial charge in [-0.25, -0.2) is 9.48 Å². The Morgan fingerprint density at radius 1 is 1.03 bits per heavy atom.